The van der Waals surface area contributed by atoms with Gasteiger partial charge in [0.1, 0.15) is 6.04 Å². The molecule has 1 N–H and O–H groups in total. The van der Waals surface area contributed by atoms with Crippen LogP contribution < -0.4 is 14.8 Å². The Morgan fingerprint density at radius 3 is 2.52 bits per heavy atom. The summed E-state index contributed by atoms with van der Waals surface area (Å²) in [4.78, 5) is 26.0. The van der Waals surface area contributed by atoms with Crippen LogP contribution in [0.2, 0.25) is 0 Å². The van der Waals surface area contributed by atoms with E-state index >= 15 is 0 Å². The molecule has 3 aliphatic heterocycles. The topological polar surface area (TPSA) is 77.1 Å². The summed E-state index contributed by atoms with van der Waals surface area (Å²) in [5, 5.41) is 2.77. The number of carbonyl (C=O) groups is 2. The molecule has 0 radical (unpaired) electrons. The molecule has 1 aromatic rings. The van der Waals surface area contributed by atoms with Gasteiger partial charge in [-0.3, -0.25) is 9.59 Å². The molecular formula is C20H26N2O5. The first-order valence-corrected chi connectivity index (χ1v) is 9.54. The predicted molar refractivity (Wildman–Crippen MR) is 97.9 cm³/mol. The number of rotatable bonds is 3. The van der Waals surface area contributed by atoms with Crippen molar-refractivity contribution >= 4 is 11.8 Å². The van der Waals surface area contributed by atoms with E-state index in [9.17, 15) is 9.59 Å². The van der Waals surface area contributed by atoms with E-state index in [1.807, 2.05) is 17.0 Å². The molecule has 0 aliphatic carbocycles. The van der Waals surface area contributed by atoms with Gasteiger partial charge in [-0.1, -0.05) is 0 Å². The van der Waals surface area contributed by atoms with Gasteiger partial charge in [-0.2, -0.15) is 0 Å². The first-order chi connectivity index (χ1) is 13.1. The molecule has 1 spiro atoms. The second kappa shape index (κ2) is 7.03. The van der Waals surface area contributed by atoms with Crippen LogP contribution >= 0.6 is 0 Å². The van der Waals surface area contributed by atoms with Crippen LogP contribution in [0.4, 0.5) is 0 Å². The summed E-state index contributed by atoms with van der Waals surface area (Å²) < 4.78 is 17.2. The minimum atomic E-state index is -0.386. The fourth-order valence-corrected chi connectivity index (χ4v) is 4.51. The largest absolute Gasteiger partial charge is 0.493 e. The molecule has 1 aromatic carbocycles. The van der Waals surface area contributed by atoms with Crippen molar-refractivity contribution < 1.29 is 23.8 Å². The lowest BCUT2D eigenvalue weighted by Crippen LogP contribution is -2.52. The van der Waals surface area contributed by atoms with Crippen LogP contribution in [-0.2, 0) is 26.3 Å². The number of methoxy groups -OCH3 is 2. The minimum absolute atomic E-state index is 0.0269. The van der Waals surface area contributed by atoms with Crippen molar-refractivity contribution in [1.82, 2.24) is 10.2 Å². The molecule has 146 valence electrons. The average Bonchev–Trinajstić information content (AvgIpc) is 3.14. The Morgan fingerprint density at radius 2 is 1.89 bits per heavy atom. The van der Waals surface area contributed by atoms with E-state index in [1.165, 1.54) is 5.56 Å². The molecule has 7 nitrogen and oxygen atoms in total. The fraction of sp³-hybridized carbons (Fsp3) is 0.600. The maximum atomic E-state index is 12.7. The summed E-state index contributed by atoms with van der Waals surface area (Å²) in [6, 6.07) is 3.71. The number of benzene rings is 1. The highest BCUT2D eigenvalue weighted by Crippen LogP contribution is 2.45. The van der Waals surface area contributed by atoms with Crippen molar-refractivity contribution in [2.75, 3.05) is 33.9 Å². The van der Waals surface area contributed by atoms with Gasteiger partial charge >= 0.3 is 0 Å². The quantitative estimate of drug-likeness (QED) is 0.865. The fourth-order valence-electron chi connectivity index (χ4n) is 4.51. The Labute approximate surface area is 158 Å². The first-order valence-electron chi connectivity index (χ1n) is 9.54. The zero-order valence-corrected chi connectivity index (χ0v) is 15.9. The Hall–Kier alpha value is -2.28. The van der Waals surface area contributed by atoms with Crippen LogP contribution in [0.3, 0.4) is 0 Å². The number of carbonyl (C=O) groups excluding carboxylic acids is 2. The number of hydrogen-bond acceptors (Lipinski definition) is 5. The van der Waals surface area contributed by atoms with E-state index in [4.69, 9.17) is 14.2 Å². The van der Waals surface area contributed by atoms with Gasteiger partial charge in [0.05, 0.1) is 26.4 Å². The number of nitrogens with zero attached hydrogens (tertiary/aromatic N) is 1. The molecule has 2 saturated heterocycles. The van der Waals surface area contributed by atoms with Gasteiger partial charge in [0.25, 0.3) is 0 Å². The predicted octanol–water partition coefficient (Wildman–Crippen LogP) is 1.37. The van der Waals surface area contributed by atoms with Gasteiger partial charge in [-0.25, -0.2) is 0 Å². The molecule has 2 amide bonds. The third-order valence-electron chi connectivity index (χ3n) is 6.03. The molecule has 0 saturated carbocycles. The second-order valence-electron chi connectivity index (χ2n) is 7.44. The van der Waals surface area contributed by atoms with Crippen molar-refractivity contribution in [1.29, 1.82) is 0 Å². The molecule has 0 bridgehead atoms. The summed E-state index contributed by atoms with van der Waals surface area (Å²) >= 11 is 0. The van der Waals surface area contributed by atoms with E-state index < -0.39 is 0 Å². The molecule has 4 rings (SSSR count). The van der Waals surface area contributed by atoms with E-state index in [0.717, 1.165) is 30.6 Å². The summed E-state index contributed by atoms with van der Waals surface area (Å²) in [5.74, 6) is 1.43. The second-order valence-corrected chi connectivity index (χ2v) is 7.44. The van der Waals surface area contributed by atoms with Gasteiger partial charge in [0.2, 0.25) is 11.8 Å². The summed E-state index contributed by atoms with van der Waals surface area (Å²) in [6.07, 6.45) is 3.35. The van der Waals surface area contributed by atoms with Crippen LogP contribution in [0.25, 0.3) is 0 Å². The molecule has 0 unspecified atom stereocenters. The number of hydrogen-bond donors (Lipinski definition) is 1. The third-order valence-corrected chi connectivity index (χ3v) is 6.03. The van der Waals surface area contributed by atoms with Crippen LogP contribution in [0.15, 0.2) is 12.1 Å². The first kappa shape index (κ1) is 18.1. The lowest BCUT2D eigenvalue weighted by molar-refractivity contribution is -0.143. The van der Waals surface area contributed by atoms with Gasteiger partial charge in [-0.05, 0) is 48.9 Å². The Morgan fingerprint density at radius 1 is 1.19 bits per heavy atom. The molecule has 3 heterocycles. The number of amides is 2. The van der Waals surface area contributed by atoms with E-state index in [-0.39, 0.29) is 23.5 Å². The zero-order chi connectivity index (χ0) is 19.0. The van der Waals surface area contributed by atoms with Gasteiger partial charge in [-0.15, -0.1) is 0 Å². The number of fused-ring (bicyclic) bond motifs is 2. The van der Waals surface area contributed by atoms with Gasteiger partial charge in [0.15, 0.2) is 11.5 Å². The number of likely N-dealkylation sites (tertiary alicyclic amines) is 1. The Bertz CT molecular complexity index is 755. The van der Waals surface area contributed by atoms with Crippen molar-refractivity contribution in [3.05, 3.63) is 23.3 Å². The highest BCUT2D eigenvalue weighted by Gasteiger charge is 2.43. The highest BCUT2D eigenvalue weighted by molar-refractivity contribution is 5.90. The standard InChI is InChI=1S/C20H26N2O5/c1-25-16-11-13-5-10-27-20(14(13)12-17(16)26-2)6-8-22(9-7-20)19(24)15-3-4-18(23)21-15/h11-12,15H,3-10H2,1-2H3,(H,21,23)/t15-/m0/s1. The average molecular weight is 374 g/mol. The highest BCUT2D eigenvalue weighted by atomic mass is 16.5. The van der Waals surface area contributed by atoms with Crippen LogP contribution in [0, 0.1) is 0 Å². The van der Waals surface area contributed by atoms with Crippen LogP contribution in [-0.4, -0.2) is 56.7 Å². The Balaban J connectivity index is 1.53. The molecular weight excluding hydrogens is 348 g/mol. The van der Waals surface area contributed by atoms with Crippen molar-refractivity contribution in [2.24, 2.45) is 0 Å². The maximum absolute atomic E-state index is 12.7. The van der Waals surface area contributed by atoms with E-state index in [2.05, 4.69) is 5.32 Å². The summed E-state index contributed by atoms with van der Waals surface area (Å²) in [5.41, 5.74) is 1.98. The van der Waals surface area contributed by atoms with Crippen LogP contribution in [0.1, 0.15) is 36.8 Å². The summed E-state index contributed by atoms with van der Waals surface area (Å²) in [7, 11) is 3.28. The van der Waals surface area contributed by atoms with Crippen LogP contribution in [0.5, 0.6) is 11.5 Å². The van der Waals surface area contributed by atoms with E-state index in [1.54, 1.807) is 14.2 Å². The zero-order valence-electron chi connectivity index (χ0n) is 15.9. The third kappa shape index (κ3) is 3.14. The summed E-state index contributed by atoms with van der Waals surface area (Å²) in [6.45, 7) is 1.91. The molecule has 27 heavy (non-hydrogen) atoms. The molecule has 0 aromatic heterocycles. The normalized spacial score (nSPS) is 23.7. The SMILES string of the molecule is COc1cc2c(cc1OC)C1(CCN(C(=O)[C@@H]3CCC(=O)N3)CC1)OCC2. The molecule has 7 heteroatoms. The Kier molecular flexibility index (Phi) is 4.72. The maximum Gasteiger partial charge on any atom is 0.245 e. The molecule has 2 fully saturated rings. The molecule has 1 atom stereocenters. The van der Waals surface area contributed by atoms with Crippen molar-refractivity contribution in [3.63, 3.8) is 0 Å². The van der Waals surface area contributed by atoms with Gasteiger partial charge in [0, 0.05) is 19.5 Å². The van der Waals surface area contributed by atoms with Crippen molar-refractivity contribution in [2.45, 2.75) is 43.7 Å². The lowest BCUT2D eigenvalue weighted by Gasteiger charge is -2.45. The molecule has 3 aliphatic rings. The monoisotopic (exact) mass is 374 g/mol. The number of ether oxygens (including phenoxy) is 3. The van der Waals surface area contributed by atoms with Gasteiger partial charge < -0.3 is 24.4 Å². The number of nitrogens with one attached hydrogen (secondary N) is 1. The minimum Gasteiger partial charge on any atom is -0.493 e. The van der Waals surface area contributed by atoms with E-state index in [0.29, 0.717) is 38.3 Å². The van der Waals surface area contributed by atoms with Crippen molar-refractivity contribution in [3.8, 4) is 11.5 Å². The lowest BCUT2D eigenvalue weighted by atomic mass is 9.79. The number of piperidine rings is 1. The smallest absolute Gasteiger partial charge is 0.245 e.